The molecule has 2 atom stereocenters. The van der Waals surface area contributed by atoms with E-state index in [9.17, 15) is 9.50 Å². The first kappa shape index (κ1) is 14.0. The molecule has 18 heavy (non-hydrogen) atoms. The molecule has 1 N–H and O–H groups in total. The van der Waals surface area contributed by atoms with Crippen molar-refractivity contribution in [2.24, 2.45) is 11.3 Å². The van der Waals surface area contributed by atoms with Crippen LogP contribution in [0.1, 0.15) is 39.2 Å². The Labute approximate surface area is 117 Å². The second kappa shape index (κ2) is 4.61. The largest absolute Gasteiger partial charge is 0.389 e. The van der Waals surface area contributed by atoms with Gasteiger partial charge in [-0.3, -0.25) is 0 Å². The lowest BCUT2D eigenvalue weighted by molar-refractivity contribution is 0.00373. The topological polar surface area (TPSA) is 20.2 Å². The Morgan fingerprint density at radius 2 is 2.11 bits per heavy atom. The van der Waals surface area contributed by atoms with Crippen LogP contribution in [-0.2, 0) is 6.42 Å². The van der Waals surface area contributed by atoms with Crippen LogP contribution in [0.3, 0.4) is 0 Å². The first-order chi connectivity index (χ1) is 8.22. The normalized spacial score (nSPS) is 30.7. The van der Waals surface area contributed by atoms with E-state index in [-0.39, 0.29) is 17.2 Å². The quantitative estimate of drug-likeness (QED) is 0.862. The van der Waals surface area contributed by atoms with Gasteiger partial charge in [0.05, 0.1) is 5.60 Å². The lowest BCUT2D eigenvalue weighted by Crippen LogP contribution is -2.35. The summed E-state index contributed by atoms with van der Waals surface area (Å²) in [5.41, 5.74) is -0.0386. The van der Waals surface area contributed by atoms with Crippen LogP contribution in [0.15, 0.2) is 22.7 Å². The summed E-state index contributed by atoms with van der Waals surface area (Å²) in [4.78, 5) is 0. The number of rotatable bonds is 2. The molecule has 0 saturated heterocycles. The summed E-state index contributed by atoms with van der Waals surface area (Å²) in [6.07, 6.45) is 2.12. The number of hydrogen-bond acceptors (Lipinski definition) is 1. The van der Waals surface area contributed by atoms with Gasteiger partial charge in [-0.05, 0) is 41.9 Å². The molecule has 1 saturated carbocycles. The molecule has 100 valence electrons. The molecule has 3 heteroatoms. The van der Waals surface area contributed by atoms with Crippen LogP contribution in [0, 0.1) is 17.2 Å². The second-order valence-electron chi connectivity index (χ2n) is 6.46. The summed E-state index contributed by atoms with van der Waals surface area (Å²) < 4.78 is 14.6. The van der Waals surface area contributed by atoms with Crippen molar-refractivity contribution in [1.29, 1.82) is 0 Å². The second-order valence-corrected chi connectivity index (χ2v) is 7.38. The summed E-state index contributed by atoms with van der Waals surface area (Å²) in [5, 5.41) is 10.8. The molecule has 0 heterocycles. The molecule has 0 bridgehead atoms. The van der Waals surface area contributed by atoms with Crippen LogP contribution >= 0.6 is 15.9 Å². The zero-order valence-electron chi connectivity index (χ0n) is 11.1. The van der Waals surface area contributed by atoms with E-state index < -0.39 is 5.60 Å². The molecule has 1 fully saturated rings. The number of benzene rings is 1. The predicted octanol–water partition coefficient (Wildman–Crippen LogP) is 4.32. The molecule has 2 rings (SSSR count). The van der Waals surface area contributed by atoms with Crippen LogP contribution in [-0.4, -0.2) is 10.7 Å². The van der Waals surface area contributed by atoms with Gasteiger partial charge in [0.15, 0.2) is 0 Å². The minimum atomic E-state index is -0.780. The Kier molecular flexibility index (Phi) is 3.58. The SMILES string of the molecule is CC1CC(C)(C)CC1(O)Cc1ccc(Br)cc1F. The van der Waals surface area contributed by atoms with Gasteiger partial charge in [-0.15, -0.1) is 0 Å². The molecule has 0 aromatic heterocycles. The van der Waals surface area contributed by atoms with E-state index in [0.717, 1.165) is 17.3 Å². The maximum Gasteiger partial charge on any atom is 0.127 e. The lowest BCUT2D eigenvalue weighted by atomic mass is 9.84. The van der Waals surface area contributed by atoms with Crippen LogP contribution in [0.5, 0.6) is 0 Å². The Bertz CT molecular complexity index is 458. The van der Waals surface area contributed by atoms with Crippen molar-refractivity contribution >= 4 is 15.9 Å². The van der Waals surface area contributed by atoms with E-state index in [0.29, 0.717) is 12.0 Å². The standard InChI is InChI=1S/C15H20BrFO/c1-10-7-14(2,3)9-15(10,18)8-11-4-5-12(16)6-13(11)17/h4-6,10,18H,7-9H2,1-3H3. The van der Waals surface area contributed by atoms with Crippen molar-refractivity contribution in [3.8, 4) is 0 Å². The lowest BCUT2D eigenvalue weighted by Gasteiger charge is -2.29. The highest BCUT2D eigenvalue weighted by Gasteiger charge is 2.47. The molecule has 0 spiro atoms. The van der Waals surface area contributed by atoms with Crippen LogP contribution in [0.4, 0.5) is 4.39 Å². The molecule has 0 amide bonds. The van der Waals surface area contributed by atoms with Gasteiger partial charge in [-0.1, -0.05) is 42.8 Å². The van der Waals surface area contributed by atoms with E-state index in [1.807, 2.05) is 6.07 Å². The van der Waals surface area contributed by atoms with Gasteiger partial charge in [0.1, 0.15) is 5.82 Å². The van der Waals surface area contributed by atoms with Crippen molar-refractivity contribution in [1.82, 2.24) is 0 Å². The average Bonchev–Trinajstić information content (AvgIpc) is 2.40. The van der Waals surface area contributed by atoms with E-state index in [1.165, 1.54) is 6.07 Å². The maximum atomic E-state index is 13.9. The Hall–Kier alpha value is -0.410. The Morgan fingerprint density at radius 3 is 2.61 bits per heavy atom. The molecule has 1 aliphatic carbocycles. The molecule has 1 nitrogen and oxygen atoms in total. The minimum Gasteiger partial charge on any atom is -0.389 e. The van der Waals surface area contributed by atoms with Gasteiger partial charge < -0.3 is 5.11 Å². The summed E-state index contributed by atoms with van der Waals surface area (Å²) in [5.74, 6) is -0.0368. The molecule has 1 aliphatic rings. The van der Waals surface area contributed by atoms with Crippen molar-refractivity contribution in [3.05, 3.63) is 34.1 Å². The number of aliphatic hydroxyl groups is 1. The smallest absolute Gasteiger partial charge is 0.127 e. The summed E-state index contributed by atoms with van der Waals surface area (Å²) in [7, 11) is 0. The van der Waals surface area contributed by atoms with Crippen molar-refractivity contribution < 1.29 is 9.50 Å². The molecule has 2 unspecified atom stereocenters. The van der Waals surface area contributed by atoms with E-state index in [4.69, 9.17) is 0 Å². The molecule has 0 radical (unpaired) electrons. The van der Waals surface area contributed by atoms with E-state index in [1.54, 1.807) is 6.07 Å². The zero-order valence-corrected chi connectivity index (χ0v) is 12.7. The third kappa shape index (κ3) is 2.77. The maximum absolute atomic E-state index is 13.9. The predicted molar refractivity (Wildman–Crippen MR) is 74.9 cm³/mol. The average molecular weight is 315 g/mol. The van der Waals surface area contributed by atoms with Gasteiger partial charge in [0.2, 0.25) is 0 Å². The highest BCUT2D eigenvalue weighted by Crippen LogP contribution is 2.48. The zero-order chi connectivity index (χ0) is 13.6. The third-order valence-corrected chi connectivity index (χ3v) is 4.57. The fraction of sp³-hybridized carbons (Fsp3) is 0.600. The van der Waals surface area contributed by atoms with Gasteiger partial charge in [-0.2, -0.15) is 0 Å². The van der Waals surface area contributed by atoms with Crippen LogP contribution < -0.4 is 0 Å². The summed E-state index contributed by atoms with van der Waals surface area (Å²) in [6.45, 7) is 6.39. The van der Waals surface area contributed by atoms with E-state index in [2.05, 4.69) is 36.7 Å². The molecule has 1 aromatic carbocycles. The van der Waals surface area contributed by atoms with E-state index >= 15 is 0 Å². The summed E-state index contributed by atoms with van der Waals surface area (Å²) in [6, 6.07) is 5.05. The highest BCUT2D eigenvalue weighted by molar-refractivity contribution is 9.10. The number of halogens is 2. The monoisotopic (exact) mass is 314 g/mol. The van der Waals surface area contributed by atoms with Gasteiger partial charge >= 0.3 is 0 Å². The van der Waals surface area contributed by atoms with Crippen LogP contribution in [0.25, 0.3) is 0 Å². The molecule has 1 aromatic rings. The molecule has 0 aliphatic heterocycles. The molecular formula is C15H20BrFO. The first-order valence-corrected chi connectivity index (χ1v) is 7.17. The van der Waals surface area contributed by atoms with Crippen molar-refractivity contribution in [2.75, 3.05) is 0 Å². The fourth-order valence-electron chi connectivity index (χ4n) is 3.33. The van der Waals surface area contributed by atoms with Gasteiger partial charge in [0.25, 0.3) is 0 Å². The number of hydrogen-bond donors (Lipinski definition) is 1. The van der Waals surface area contributed by atoms with Crippen molar-refractivity contribution in [3.63, 3.8) is 0 Å². The van der Waals surface area contributed by atoms with Gasteiger partial charge in [0, 0.05) is 10.9 Å². The first-order valence-electron chi connectivity index (χ1n) is 6.38. The Morgan fingerprint density at radius 1 is 1.44 bits per heavy atom. The fourth-order valence-corrected chi connectivity index (χ4v) is 3.66. The Balaban J connectivity index is 2.23. The van der Waals surface area contributed by atoms with Crippen LogP contribution in [0.2, 0.25) is 0 Å². The van der Waals surface area contributed by atoms with Crippen molar-refractivity contribution in [2.45, 2.75) is 45.6 Å². The minimum absolute atomic E-state index is 0.139. The summed E-state index contributed by atoms with van der Waals surface area (Å²) >= 11 is 3.25. The highest BCUT2D eigenvalue weighted by atomic mass is 79.9. The molecular weight excluding hydrogens is 295 g/mol. The third-order valence-electron chi connectivity index (χ3n) is 4.07. The van der Waals surface area contributed by atoms with Gasteiger partial charge in [-0.25, -0.2) is 4.39 Å².